The number of hydrogen-bond acceptors (Lipinski definition) is 2. The molecule has 0 aliphatic rings. The Bertz CT molecular complexity index is 379. The van der Waals surface area contributed by atoms with Crippen LogP contribution in [0.5, 0.6) is 5.75 Å². The zero-order chi connectivity index (χ0) is 14.6. The minimum absolute atomic E-state index is 0.685. The van der Waals surface area contributed by atoms with E-state index in [9.17, 15) is 0 Å². The first-order chi connectivity index (χ1) is 9.76. The summed E-state index contributed by atoms with van der Waals surface area (Å²) in [6.45, 7) is 5.83. The topological polar surface area (TPSA) is 33.3 Å². The van der Waals surface area contributed by atoms with Gasteiger partial charge in [-0.05, 0) is 49.8 Å². The van der Waals surface area contributed by atoms with Gasteiger partial charge in [-0.3, -0.25) is 0 Å². The van der Waals surface area contributed by atoms with E-state index in [-0.39, 0.29) is 0 Å². The number of unbranched alkanes of at least 4 members (excludes halogenated alkanes) is 4. The van der Waals surface area contributed by atoms with E-state index in [1.807, 2.05) is 31.2 Å². The molecule has 0 aliphatic carbocycles. The second kappa shape index (κ2) is 10.5. The molecule has 0 bridgehead atoms. The molecule has 2 N–H and O–H groups in total. The van der Waals surface area contributed by atoms with Crippen molar-refractivity contribution in [2.24, 2.45) is 0 Å². The Kier molecular flexibility index (Phi) is 8.79. The molecule has 1 aromatic carbocycles. The zero-order valence-corrected chi connectivity index (χ0v) is 13.4. The molecule has 0 amide bonds. The summed E-state index contributed by atoms with van der Waals surface area (Å²) < 4.78 is 5.40. The average Bonchev–Trinajstić information content (AvgIpc) is 2.45. The van der Waals surface area contributed by atoms with Gasteiger partial charge in [0.1, 0.15) is 5.75 Å². The molecule has 20 heavy (non-hydrogen) atoms. The molecule has 1 aromatic rings. The largest absolute Gasteiger partial charge is 0.494 e. The maximum atomic E-state index is 5.40. The van der Waals surface area contributed by atoms with Gasteiger partial charge in [-0.1, -0.05) is 32.6 Å². The highest BCUT2D eigenvalue weighted by Gasteiger charge is 1.98. The zero-order valence-electron chi connectivity index (χ0n) is 12.6. The molecule has 3 nitrogen and oxygen atoms in total. The molecule has 0 heterocycles. The van der Waals surface area contributed by atoms with Crippen molar-refractivity contribution in [1.29, 1.82) is 0 Å². The molecule has 0 fully saturated rings. The molecule has 0 radical (unpaired) electrons. The van der Waals surface area contributed by atoms with E-state index in [2.05, 4.69) is 17.6 Å². The second-order valence-electron chi connectivity index (χ2n) is 4.75. The first kappa shape index (κ1) is 16.8. The van der Waals surface area contributed by atoms with Crippen molar-refractivity contribution < 1.29 is 4.74 Å². The Balaban J connectivity index is 2.18. The Hall–Kier alpha value is -1.29. The molecule has 0 aliphatic heterocycles. The van der Waals surface area contributed by atoms with Crippen LogP contribution in [0.1, 0.15) is 46.0 Å². The van der Waals surface area contributed by atoms with Crippen molar-refractivity contribution in [1.82, 2.24) is 5.32 Å². The quantitative estimate of drug-likeness (QED) is 0.524. The third-order valence-corrected chi connectivity index (χ3v) is 3.24. The van der Waals surface area contributed by atoms with Gasteiger partial charge in [0, 0.05) is 12.2 Å². The lowest BCUT2D eigenvalue weighted by Gasteiger charge is -2.11. The summed E-state index contributed by atoms with van der Waals surface area (Å²) in [6, 6.07) is 7.83. The number of rotatable bonds is 9. The fraction of sp³-hybridized carbons (Fsp3) is 0.562. The van der Waals surface area contributed by atoms with Gasteiger partial charge in [-0.15, -0.1) is 0 Å². The number of nitrogens with one attached hydrogen (secondary N) is 2. The number of anilines is 1. The van der Waals surface area contributed by atoms with Crippen LogP contribution in [0.4, 0.5) is 5.69 Å². The third kappa shape index (κ3) is 7.34. The minimum Gasteiger partial charge on any atom is -0.494 e. The maximum absolute atomic E-state index is 5.40. The maximum Gasteiger partial charge on any atom is 0.170 e. The second-order valence-corrected chi connectivity index (χ2v) is 5.16. The van der Waals surface area contributed by atoms with Crippen LogP contribution in [0, 0.1) is 0 Å². The smallest absolute Gasteiger partial charge is 0.170 e. The van der Waals surface area contributed by atoms with Crippen LogP contribution in [0.3, 0.4) is 0 Å². The van der Waals surface area contributed by atoms with Gasteiger partial charge in [0.15, 0.2) is 5.11 Å². The standard InChI is InChI=1S/C16H26N2OS/c1-3-5-6-7-8-13-17-16(20)18-14-9-11-15(12-10-14)19-4-2/h9-12H,3-8,13H2,1-2H3,(H2,17,18,20). The van der Waals surface area contributed by atoms with Crippen molar-refractivity contribution in [3.8, 4) is 5.75 Å². The Morgan fingerprint density at radius 2 is 1.75 bits per heavy atom. The van der Waals surface area contributed by atoms with Gasteiger partial charge in [-0.2, -0.15) is 0 Å². The van der Waals surface area contributed by atoms with Crippen LogP contribution in [0.2, 0.25) is 0 Å². The Morgan fingerprint density at radius 1 is 1.05 bits per heavy atom. The molecular formula is C16H26N2OS. The minimum atomic E-state index is 0.685. The van der Waals surface area contributed by atoms with E-state index in [1.54, 1.807) is 0 Å². The van der Waals surface area contributed by atoms with Crippen molar-refractivity contribution in [3.63, 3.8) is 0 Å². The van der Waals surface area contributed by atoms with Crippen LogP contribution in [-0.2, 0) is 0 Å². The average molecular weight is 294 g/mol. The van der Waals surface area contributed by atoms with Gasteiger partial charge in [0.05, 0.1) is 6.61 Å². The summed E-state index contributed by atoms with van der Waals surface area (Å²) >= 11 is 5.27. The monoisotopic (exact) mass is 294 g/mol. The van der Waals surface area contributed by atoms with E-state index in [4.69, 9.17) is 17.0 Å². The van der Waals surface area contributed by atoms with Crippen LogP contribution in [0.25, 0.3) is 0 Å². The molecule has 0 aromatic heterocycles. The number of hydrogen-bond donors (Lipinski definition) is 2. The SMILES string of the molecule is CCCCCCCNC(=S)Nc1ccc(OCC)cc1. The Labute approximate surface area is 128 Å². The molecule has 0 atom stereocenters. The summed E-state index contributed by atoms with van der Waals surface area (Å²) in [5.74, 6) is 0.882. The highest BCUT2D eigenvalue weighted by molar-refractivity contribution is 7.80. The van der Waals surface area contributed by atoms with Crippen molar-refractivity contribution >= 4 is 23.0 Å². The molecule has 0 unspecified atom stereocenters. The van der Waals surface area contributed by atoms with Crippen LogP contribution >= 0.6 is 12.2 Å². The number of benzene rings is 1. The predicted octanol–water partition coefficient (Wildman–Crippen LogP) is 4.34. The summed E-state index contributed by atoms with van der Waals surface area (Å²) in [5, 5.41) is 7.10. The van der Waals surface area contributed by atoms with Gasteiger partial charge in [0.25, 0.3) is 0 Å². The van der Waals surface area contributed by atoms with Gasteiger partial charge < -0.3 is 15.4 Å². The summed E-state index contributed by atoms with van der Waals surface area (Å²) in [4.78, 5) is 0. The van der Waals surface area contributed by atoms with E-state index in [1.165, 1.54) is 32.1 Å². The fourth-order valence-corrected chi connectivity index (χ4v) is 2.13. The summed E-state index contributed by atoms with van der Waals surface area (Å²) in [6.07, 6.45) is 6.37. The van der Waals surface area contributed by atoms with Gasteiger partial charge in [-0.25, -0.2) is 0 Å². The molecule has 112 valence electrons. The molecule has 1 rings (SSSR count). The van der Waals surface area contributed by atoms with Gasteiger partial charge >= 0.3 is 0 Å². The predicted molar refractivity (Wildman–Crippen MR) is 90.6 cm³/mol. The van der Waals surface area contributed by atoms with Crippen LogP contribution in [0.15, 0.2) is 24.3 Å². The lowest BCUT2D eigenvalue weighted by molar-refractivity contribution is 0.340. The highest BCUT2D eigenvalue weighted by atomic mass is 32.1. The van der Waals surface area contributed by atoms with E-state index in [0.717, 1.165) is 18.0 Å². The summed E-state index contributed by atoms with van der Waals surface area (Å²) in [5.41, 5.74) is 0.983. The fourth-order valence-electron chi connectivity index (χ4n) is 1.91. The van der Waals surface area contributed by atoms with Crippen molar-refractivity contribution in [2.75, 3.05) is 18.5 Å². The molecular weight excluding hydrogens is 268 g/mol. The Morgan fingerprint density at radius 3 is 2.40 bits per heavy atom. The number of ether oxygens (including phenoxy) is 1. The summed E-state index contributed by atoms with van der Waals surface area (Å²) in [7, 11) is 0. The van der Waals surface area contributed by atoms with E-state index < -0.39 is 0 Å². The van der Waals surface area contributed by atoms with Crippen LogP contribution in [-0.4, -0.2) is 18.3 Å². The highest BCUT2D eigenvalue weighted by Crippen LogP contribution is 2.15. The number of thiocarbonyl (C=S) groups is 1. The third-order valence-electron chi connectivity index (χ3n) is 2.99. The lowest BCUT2D eigenvalue weighted by atomic mass is 10.1. The first-order valence-corrected chi connectivity index (χ1v) is 7.94. The van der Waals surface area contributed by atoms with Crippen LogP contribution < -0.4 is 15.4 Å². The normalized spacial score (nSPS) is 10.1. The van der Waals surface area contributed by atoms with Crippen molar-refractivity contribution in [3.05, 3.63) is 24.3 Å². The molecule has 4 heteroatoms. The van der Waals surface area contributed by atoms with E-state index in [0.29, 0.717) is 11.7 Å². The van der Waals surface area contributed by atoms with E-state index >= 15 is 0 Å². The van der Waals surface area contributed by atoms with Crippen molar-refractivity contribution in [2.45, 2.75) is 46.0 Å². The molecule has 0 saturated heterocycles. The molecule has 0 saturated carbocycles. The first-order valence-electron chi connectivity index (χ1n) is 7.54. The lowest BCUT2D eigenvalue weighted by Crippen LogP contribution is -2.29. The van der Waals surface area contributed by atoms with Gasteiger partial charge in [0.2, 0.25) is 0 Å². The molecule has 0 spiro atoms.